The summed E-state index contributed by atoms with van der Waals surface area (Å²) in [4.78, 5) is 5.43. The van der Waals surface area contributed by atoms with E-state index in [9.17, 15) is 0 Å². The third-order valence-electron chi connectivity index (χ3n) is 5.00. The van der Waals surface area contributed by atoms with E-state index in [0.29, 0.717) is 60.6 Å². The molecule has 0 radical (unpaired) electrons. The van der Waals surface area contributed by atoms with E-state index in [2.05, 4.69) is 4.98 Å². The van der Waals surface area contributed by atoms with Crippen LogP contribution in [0.2, 0.25) is 0 Å². The molecule has 3 aromatic heterocycles. The molecule has 0 bridgehead atoms. The van der Waals surface area contributed by atoms with Gasteiger partial charge in [0, 0.05) is 40.0 Å². The average Bonchev–Trinajstić information content (AvgIpc) is 3.46. The predicted octanol–water partition coefficient (Wildman–Crippen LogP) is 4.54. The quantitative estimate of drug-likeness (QED) is 0.463. The number of thiophene rings is 2. The van der Waals surface area contributed by atoms with Crippen LogP contribution in [0.25, 0.3) is 11.1 Å². The zero-order valence-electron chi connectivity index (χ0n) is 17.4. The van der Waals surface area contributed by atoms with E-state index in [1.54, 1.807) is 24.5 Å². The first-order chi connectivity index (χ1) is 16.1. The molecule has 5 heterocycles. The van der Waals surface area contributed by atoms with Gasteiger partial charge in [0.1, 0.15) is 26.4 Å². The second-order valence-electron chi connectivity index (χ2n) is 7.10. The van der Waals surface area contributed by atoms with Crippen LogP contribution in [0.15, 0.2) is 47.4 Å². The molecule has 0 fully saturated rings. The van der Waals surface area contributed by atoms with Crippen molar-refractivity contribution in [2.45, 2.75) is 0 Å². The third kappa shape index (κ3) is 4.10. The number of nitrogen functional groups attached to an aromatic ring is 1. The summed E-state index contributed by atoms with van der Waals surface area (Å²) < 4.78 is 22.6. The molecule has 33 heavy (non-hydrogen) atoms. The van der Waals surface area contributed by atoms with E-state index in [1.165, 1.54) is 22.7 Å². The van der Waals surface area contributed by atoms with Gasteiger partial charge in [-0.15, -0.1) is 22.7 Å². The number of pyridine rings is 1. The van der Waals surface area contributed by atoms with Gasteiger partial charge in [-0.3, -0.25) is 15.8 Å². The molecule has 3 aliphatic rings. The average molecular weight is 481 g/mol. The predicted molar refractivity (Wildman–Crippen MR) is 131 cm³/mol. The number of aromatic nitrogens is 1. The second kappa shape index (κ2) is 9.08. The number of nitrogens with one attached hydrogen (secondary N) is 2. The van der Waals surface area contributed by atoms with Gasteiger partial charge in [-0.25, -0.2) is 0 Å². The topological polar surface area (TPSA) is 124 Å². The Labute approximate surface area is 197 Å². The molecular formula is C23H20N4O4S2. The summed E-state index contributed by atoms with van der Waals surface area (Å²) in [6.07, 6.45) is 7.07. The number of hydrogen-bond donors (Lipinski definition) is 3. The lowest BCUT2D eigenvalue weighted by Crippen LogP contribution is -2.20. The molecule has 0 amide bonds. The Kier molecular flexibility index (Phi) is 5.84. The largest absolute Gasteiger partial charge is 0.485 e. The maximum Gasteiger partial charge on any atom is 0.180 e. The molecular weight excluding hydrogens is 460 g/mol. The molecule has 1 aliphatic carbocycles. The minimum atomic E-state index is 0.167. The van der Waals surface area contributed by atoms with Gasteiger partial charge in [-0.1, -0.05) is 12.2 Å². The molecule has 10 heteroatoms. The fraction of sp³-hybridized carbons (Fsp3) is 0.174. The van der Waals surface area contributed by atoms with Gasteiger partial charge >= 0.3 is 0 Å². The van der Waals surface area contributed by atoms with Crippen LogP contribution in [-0.2, 0) is 0 Å². The lowest BCUT2D eigenvalue weighted by Gasteiger charge is -2.21. The number of nitrogens with zero attached hydrogens (tertiary/aromatic N) is 1. The molecule has 0 spiro atoms. The summed E-state index contributed by atoms with van der Waals surface area (Å²) in [5.74, 6) is 2.77. The molecule has 168 valence electrons. The van der Waals surface area contributed by atoms with Gasteiger partial charge in [0.05, 0.1) is 21.2 Å². The third-order valence-corrected chi connectivity index (χ3v) is 6.95. The number of fused-ring (bicyclic) bond motifs is 2. The number of anilines is 1. The maximum atomic E-state index is 8.53. The van der Waals surface area contributed by atoms with Crippen molar-refractivity contribution in [2.75, 3.05) is 32.2 Å². The molecule has 0 unspecified atom stereocenters. The van der Waals surface area contributed by atoms with Crippen LogP contribution in [0.4, 0.5) is 5.69 Å². The lowest BCUT2D eigenvalue weighted by molar-refractivity contribution is 0.173. The molecule has 3 aromatic rings. The standard InChI is InChI=1S/C18H14N2O4S2.C5H6N2/c19-13-9(17-15-11(7-25-17)21-3-5-23-15)1-2-10(14(13)20)18-16-12(8-26-18)22-4-6-24-16;6-5-1-3-7-4-2-5/h1-2,7-8,19-20H,3-6H2;1-4H,(H2,6,7). The van der Waals surface area contributed by atoms with Crippen LogP contribution >= 0.6 is 22.7 Å². The first-order valence-electron chi connectivity index (χ1n) is 10.1. The summed E-state index contributed by atoms with van der Waals surface area (Å²) in [6.45, 7) is 2.05. The van der Waals surface area contributed by atoms with Crippen molar-refractivity contribution >= 4 is 50.9 Å². The van der Waals surface area contributed by atoms with E-state index in [1.807, 2.05) is 22.9 Å². The number of ether oxygens (including phenoxy) is 4. The smallest absolute Gasteiger partial charge is 0.180 e. The minimum absolute atomic E-state index is 0.167. The normalized spacial score (nSPS) is 16.4. The summed E-state index contributed by atoms with van der Waals surface area (Å²) >= 11 is 2.94. The Balaban J connectivity index is 0.000000281. The Morgan fingerprint density at radius 2 is 1.18 bits per heavy atom. The van der Waals surface area contributed by atoms with Crippen molar-refractivity contribution < 1.29 is 18.9 Å². The van der Waals surface area contributed by atoms with Crippen LogP contribution in [0.1, 0.15) is 9.75 Å². The van der Waals surface area contributed by atoms with Gasteiger partial charge in [0.2, 0.25) is 0 Å². The van der Waals surface area contributed by atoms with Gasteiger partial charge in [-0.05, 0) is 12.1 Å². The highest BCUT2D eigenvalue weighted by atomic mass is 32.1. The molecule has 2 aliphatic heterocycles. The highest BCUT2D eigenvalue weighted by molar-refractivity contribution is 7.13. The number of rotatable bonds is 2. The highest BCUT2D eigenvalue weighted by Gasteiger charge is 2.30. The summed E-state index contributed by atoms with van der Waals surface area (Å²) in [5, 5.41) is 20.8. The van der Waals surface area contributed by atoms with E-state index < -0.39 is 0 Å². The van der Waals surface area contributed by atoms with Gasteiger partial charge in [0.25, 0.3) is 0 Å². The van der Waals surface area contributed by atoms with Crippen molar-refractivity contribution in [3.05, 3.63) is 57.2 Å². The summed E-state index contributed by atoms with van der Waals surface area (Å²) in [7, 11) is 0. The fourth-order valence-electron chi connectivity index (χ4n) is 3.44. The second-order valence-corrected chi connectivity index (χ2v) is 8.86. The molecule has 8 nitrogen and oxygen atoms in total. The monoisotopic (exact) mass is 480 g/mol. The number of allylic oxidation sites excluding steroid dienone is 4. The molecule has 6 rings (SSSR count). The van der Waals surface area contributed by atoms with Crippen molar-refractivity contribution in [1.82, 2.24) is 4.98 Å². The zero-order chi connectivity index (χ0) is 22.8. The van der Waals surface area contributed by atoms with Gasteiger partial charge < -0.3 is 24.7 Å². The van der Waals surface area contributed by atoms with Crippen LogP contribution < -0.4 is 24.7 Å². The van der Waals surface area contributed by atoms with Crippen LogP contribution in [0.5, 0.6) is 23.0 Å². The lowest BCUT2D eigenvalue weighted by atomic mass is 9.92. The van der Waals surface area contributed by atoms with Crippen LogP contribution in [0, 0.1) is 10.8 Å². The van der Waals surface area contributed by atoms with Gasteiger partial charge in [0.15, 0.2) is 23.0 Å². The first-order valence-corrected chi connectivity index (χ1v) is 11.9. The summed E-state index contributed by atoms with van der Waals surface area (Å²) in [5.41, 5.74) is 7.77. The Morgan fingerprint density at radius 3 is 1.61 bits per heavy atom. The number of nitrogens with two attached hydrogens (primary N) is 1. The van der Waals surface area contributed by atoms with E-state index in [-0.39, 0.29) is 11.4 Å². The highest BCUT2D eigenvalue weighted by Crippen LogP contribution is 2.47. The molecule has 4 N–H and O–H groups in total. The Bertz CT molecular complexity index is 1200. The molecule has 0 saturated carbocycles. The van der Waals surface area contributed by atoms with E-state index >= 15 is 0 Å². The molecule has 0 atom stereocenters. The minimum Gasteiger partial charge on any atom is -0.485 e. The van der Waals surface area contributed by atoms with Crippen molar-refractivity contribution in [2.24, 2.45) is 0 Å². The van der Waals surface area contributed by atoms with Crippen molar-refractivity contribution in [3.63, 3.8) is 0 Å². The fourth-order valence-corrected chi connectivity index (χ4v) is 5.37. The molecule has 0 saturated heterocycles. The summed E-state index contributed by atoms with van der Waals surface area (Å²) in [6, 6.07) is 3.50. The van der Waals surface area contributed by atoms with Crippen LogP contribution in [-0.4, -0.2) is 42.8 Å². The van der Waals surface area contributed by atoms with E-state index in [0.717, 1.165) is 15.4 Å². The van der Waals surface area contributed by atoms with Gasteiger partial charge in [-0.2, -0.15) is 0 Å². The van der Waals surface area contributed by atoms with Crippen LogP contribution in [0.3, 0.4) is 0 Å². The first kappa shape index (κ1) is 21.2. The van der Waals surface area contributed by atoms with Crippen molar-refractivity contribution in [1.29, 1.82) is 10.8 Å². The zero-order valence-corrected chi connectivity index (χ0v) is 19.1. The Morgan fingerprint density at radius 1 is 0.727 bits per heavy atom. The van der Waals surface area contributed by atoms with Crippen molar-refractivity contribution in [3.8, 4) is 23.0 Å². The maximum absolute atomic E-state index is 8.53. The SMILES string of the molecule is N=C1C(=N)C(c2scc3c2OCCO3)=CC=C1c1scc2c1OCCO2.Nc1ccncc1. The number of hydrogen-bond acceptors (Lipinski definition) is 10. The Hall–Kier alpha value is -3.63. The van der Waals surface area contributed by atoms with E-state index in [4.69, 9.17) is 35.5 Å². The molecule has 0 aromatic carbocycles.